The summed E-state index contributed by atoms with van der Waals surface area (Å²) in [6, 6.07) is 0.600. The fraction of sp³-hybridized carbons (Fsp3) is 0.917. The van der Waals surface area contributed by atoms with E-state index >= 15 is 0 Å². The molecular weight excluding hydrogens is 218 g/mol. The maximum atomic E-state index is 5.28. The van der Waals surface area contributed by atoms with Gasteiger partial charge in [0.25, 0.3) is 0 Å². The Hall–Kier alpha value is -0.350. The molecule has 1 fully saturated rings. The predicted molar refractivity (Wildman–Crippen MR) is 72.8 cm³/mol. The van der Waals surface area contributed by atoms with E-state index in [1.165, 1.54) is 30.6 Å². The maximum Gasteiger partial charge on any atom is 0.166 e. The van der Waals surface area contributed by atoms with E-state index in [0.717, 1.165) is 24.1 Å². The van der Waals surface area contributed by atoms with Crippen molar-refractivity contribution in [2.24, 2.45) is 5.92 Å². The van der Waals surface area contributed by atoms with Crippen molar-refractivity contribution in [1.29, 1.82) is 0 Å². The minimum Gasteiger partial charge on any atom is -0.360 e. The first-order valence-electron chi connectivity index (χ1n) is 6.41. The van der Waals surface area contributed by atoms with Crippen molar-refractivity contribution < 1.29 is 4.90 Å². The first-order valence-corrected chi connectivity index (χ1v) is 6.82. The van der Waals surface area contributed by atoms with Crippen LogP contribution in [-0.2, 0) is 0 Å². The molecule has 3 N–H and O–H groups in total. The molecule has 1 aliphatic carbocycles. The van der Waals surface area contributed by atoms with Gasteiger partial charge >= 0.3 is 0 Å². The molecule has 0 radical (unpaired) electrons. The van der Waals surface area contributed by atoms with Crippen LogP contribution < -0.4 is 15.5 Å². The number of likely N-dealkylation sites (N-methyl/N-ethyl adjacent to an activating group) is 1. The molecular formula is C12H26N3S+. The Morgan fingerprint density at radius 2 is 1.88 bits per heavy atom. The molecule has 1 saturated carbocycles. The van der Waals surface area contributed by atoms with Gasteiger partial charge in [0.2, 0.25) is 0 Å². The molecule has 3 nitrogen and oxygen atoms in total. The average molecular weight is 244 g/mol. The number of hydrogen-bond acceptors (Lipinski definition) is 1. The Bertz CT molecular complexity index is 210. The predicted octanol–water partition coefficient (Wildman–Crippen LogP) is 0.174. The van der Waals surface area contributed by atoms with Crippen LogP contribution in [0.25, 0.3) is 0 Å². The number of quaternary nitrogens is 1. The lowest BCUT2D eigenvalue weighted by Gasteiger charge is -2.28. The zero-order valence-electron chi connectivity index (χ0n) is 10.8. The molecule has 0 saturated heterocycles. The monoisotopic (exact) mass is 244 g/mol. The summed E-state index contributed by atoms with van der Waals surface area (Å²) < 4.78 is 0. The summed E-state index contributed by atoms with van der Waals surface area (Å²) in [4.78, 5) is 1.45. The molecule has 0 aliphatic heterocycles. The lowest BCUT2D eigenvalue weighted by molar-refractivity contribution is -0.856. The summed E-state index contributed by atoms with van der Waals surface area (Å²) in [5, 5.41) is 7.53. The topological polar surface area (TPSA) is 28.5 Å². The Labute approximate surface area is 105 Å². The lowest BCUT2D eigenvalue weighted by atomic mass is 9.87. The molecule has 0 amide bonds. The fourth-order valence-electron chi connectivity index (χ4n) is 2.07. The highest BCUT2D eigenvalue weighted by molar-refractivity contribution is 7.80. The second-order valence-electron chi connectivity index (χ2n) is 5.31. The highest BCUT2D eigenvalue weighted by atomic mass is 32.1. The number of thiocarbonyl (C=S) groups is 1. The van der Waals surface area contributed by atoms with Gasteiger partial charge in [-0.25, -0.2) is 0 Å². The molecule has 0 spiro atoms. The van der Waals surface area contributed by atoms with E-state index in [1.54, 1.807) is 0 Å². The van der Waals surface area contributed by atoms with Crippen molar-refractivity contribution in [1.82, 2.24) is 10.6 Å². The van der Waals surface area contributed by atoms with Gasteiger partial charge in [-0.15, -0.1) is 0 Å². The third-order valence-electron chi connectivity index (χ3n) is 3.26. The van der Waals surface area contributed by atoms with Gasteiger partial charge in [0.05, 0.1) is 27.2 Å². The van der Waals surface area contributed by atoms with Gasteiger partial charge < -0.3 is 15.5 Å². The Balaban J connectivity index is 2.09. The Kier molecular flexibility index (Phi) is 6.06. The van der Waals surface area contributed by atoms with Gasteiger partial charge in [-0.3, -0.25) is 0 Å². The molecule has 0 aromatic heterocycles. The number of hydrogen-bond donors (Lipinski definition) is 3. The minimum atomic E-state index is 0.600. The molecule has 0 bridgehead atoms. The maximum absolute atomic E-state index is 5.28. The fourth-order valence-corrected chi connectivity index (χ4v) is 2.34. The quantitative estimate of drug-likeness (QED) is 0.616. The lowest BCUT2D eigenvalue weighted by Crippen LogP contribution is -3.06. The van der Waals surface area contributed by atoms with E-state index in [2.05, 4.69) is 31.7 Å². The summed E-state index contributed by atoms with van der Waals surface area (Å²) in [7, 11) is 4.31. The molecule has 1 aliphatic rings. The standard InChI is InChI=1S/C12H25N3S/c1-10-4-6-11(7-5-10)14-12(16)13-8-9-15(2)3/h10-11H,4-9H2,1-3H3,(H2,13,14,16)/p+1. The molecule has 94 valence electrons. The zero-order valence-corrected chi connectivity index (χ0v) is 11.6. The van der Waals surface area contributed by atoms with E-state index in [4.69, 9.17) is 12.2 Å². The number of rotatable bonds is 4. The summed E-state index contributed by atoms with van der Waals surface area (Å²) in [6.45, 7) is 4.40. The summed E-state index contributed by atoms with van der Waals surface area (Å²) in [5.41, 5.74) is 0. The first kappa shape index (κ1) is 13.7. The smallest absolute Gasteiger partial charge is 0.166 e. The van der Waals surface area contributed by atoms with E-state index in [9.17, 15) is 0 Å². The normalized spacial score (nSPS) is 25.5. The highest BCUT2D eigenvalue weighted by Gasteiger charge is 2.18. The van der Waals surface area contributed by atoms with Gasteiger partial charge in [0.1, 0.15) is 0 Å². The third kappa shape index (κ3) is 5.66. The summed E-state index contributed by atoms with van der Waals surface area (Å²) in [5.74, 6) is 0.900. The van der Waals surface area contributed by atoms with Crippen molar-refractivity contribution in [2.75, 3.05) is 27.2 Å². The molecule has 0 aromatic rings. The second kappa shape index (κ2) is 7.07. The highest BCUT2D eigenvalue weighted by Crippen LogP contribution is 2.23. The van der Waals surface area contributed by atoms with Gasteiger partial charge in [0, 0.05) is 6.04 Å². The largest absolute Gasteiger partial charge is 0.360 e. The van der Waals surface area contributed by atoms with Crippen LogP contribution in [-0.4, -0.2) is 38.3 Å². The van der Waals surface area contributed by atoms with Gasteiger partial charge in [-0.05, 0) is 43.8 Å². The van der Waals surface area contributed by atoms with E-state index < -0.39 is 0 Å². The van der Waals surface area contributed by atoms with E-state index in [0.29, 0.717) is 6.04 Å². The minimum absolute atomic E-state index is 0.600. The zero-order chi connectivity index (χ0) is 12.0. The SMILES string of the molecule is CC1CCC(NC(=S)NCC[NH+](C)C)CC1. The third-order valence-corrected chi connectivity index (χ3v) is 3.52. The van der Waals surface area contributed by atoms with E-state index in [-0.39, 0.29) is 0 Å². The molecule has 0 aromatic carbocycles. The van der Waals surface area contributed by atoms with Crippen LogP contribution in [0, 0.1) is 5.92 Å². The van der Waals surface area contributed by atoms with Crippen LogP contribution in [0.3, 0.4) is 0 Å². The number of nitrogens with one attached hydrogen (secondary N) is 3. The van der Waals surface area contributed by atoms with Gasteiger partial charge in [0.15, 0.2) is 5.11 Å². The molecule has 1 rings (SSSR count). The second-order valence-corrected chi connectivity index (χ2v) is 5.72. The van der Waals surface area contributed by atoms with E-state index in [1.807, 2.05) is 0 Å². The van der Waals surface area contributed by atoms with Crippen LogP contribution >= 0.6 is 12.2 Å². The van der Waals surface area contributed by atoms with Crippen molar-refractivity contribution in [3.63, 3.8) is 0 Å². The summed E-state index contributed by atoms with van der Waals surface area (Å²) in [6.07, 6.45) is 5.20. The molecule has 0 atom stereocenters. The first-order chi connectivity index (χ1) is 7.58. The van der Waals surface area contributed by atoms with Crippen molar-refractivity contribution in [3.05, 3.63) is 0 Å². The van der Waals surface area contributed by atoms with Crippen LogP contribution in [0.2, 0.25) is 0 Å². The van der Waals surface area contributed by atoms with Crippen molar-refractivity contribution in [2.45, 2.75) is 38.6 Å². The molecule has 0 heterocycles. The summed E-state index contributed by atoms with van der Waals surface area (Å²) >= 11 is 5.28. The average Bonchev–Trinajstić information content (AvgIpc) is 2.21. The van der Waals surface area contributed by atoms with Crippen molar-refractivity contribution >= 4 is 17.3 Å². The molecule has 4 heteroatoms. The molecule has 0 unspecified atom stereocenters. The van der Waals surface area contributed by atoms with Crippen LogP contribution in [0.1, 0.15) is 32.6 Å². The van der Waals surface area contributed by atoms with Gasteiger partial charge in [-0.2, -0.15) is 0 Å². The van der Waals surface area contributed by atoms with Crippen LogP contribution in [0.4, 0.5) is 0 Å². The van der Waals surface area contributed by atoms with Crippen LogP contribution in [0.5, 0.6) is 0 Å². The molecule has 16 heavy (non-hydrogen) atoms. The Morgan fingerprint density at radius 1 is 1.25 bits per heavy atom. The van der Waals surface area contributed by atoms with Crippen molar-refractivity contribution in [3.8, 4) is 0 Å². The van der Waals surface area contributed by atoms with Gasteiger partial charge in [-0.1, -0.05) is 6.92 Å². The van der Waals surface area contributed by atoms with Crippen LogP contribution in [0.15, 0.2) is 0 Å². The Morgan fingerprint density at radius 3 is 2.44 bits per heavy atom.